The van der Waals surface area contributed by atoms with E-state index in [0.29, 0.717) is 11.5 Å². The predicted octanol–water partition coefficient (Wildman–Crippen LogP) is 1.92. The van der Waals surface area contributed by atoms with Crippen molar-refractivity contribution in [2.24, 2.45) is 11.1 Å². The SMILES string of the molecule is CCc1ccc2scc(-c3cc4nccc(NC5CC(COS(N)(=O)=O)C(O)C5O)n4n3)c2c1. The average Bonchev–Trinajstić information content (AvgIpc) is 3.49. The molecule has 0 amide bonds. The molecule has 1 aliphatic carbocycles. The lowest BCUT2D eigenvalue weighted by atomic mass is 10.1. The van der Waals surface area contributed by atoms with E-state index in [1.165, 1.54) is 10.3 Å². The third-order valence-corrected chi connectivity index (χ3v) is 7.69. The van der Waals surface area contributed by atoms with E-state index in [1.807, 2.05) is 6.07 Å². The van der Waals surface area contributed by atoms with Gasteiger partial charge in [0.25, 0.3) is 0 Å². The molecule has 0 radical (unpaired) electrons. The number of thiophene rings is 1. The molecule has 1 fully saturated rings. The van der Waals surface area contributed by atoms with Crippen molar-refractivity contribution in [2.45, 2.75) is 38.0 Å². The Hall–Kier alpha value is -2.61. The summed E-state index contributed by atoms with van der Waals surface area (Å²) in [6.07, 6.45) is 0.592. The quantitative estimate of drug-likeness (QED) is 0.298. The second-order valence-corrected chi connectivity index (χ2v) is 10.6. The predicted molar refractivity (Wildman–Crippen MR) is 130 cm³/mol. The maximum Gasteiger partial charge on any atom is 0.333 e. The molecule has 12 heteroatoms. The molecule has 0 aliphatic heterocycles. The van der Waals surface area contributed by atoms with Crippen molar-refractivity contribution in [3.63, 3.8) is 0 Å². The fourth-order valence-electron chi connectivity index (χ4n) is 4.44. The number of aromatic nitrogens is 3. The van der Waals surface area contributed by atoms with Crippen molar-refractivity contribution >= 4 is 43.2 Å². The van der Waals surface area contributed by atoms with Crippen LogP contribution < -0.4 is 10.5 Å². The molecule has 3 heterocycles. The molecule has 1 aliphatic rings. The zero-order valence-electron chi connectivity index (χ0n) is 18.3. The molecule has 180 valence electrons. The summed E-state index contributed by atoms with van der Waals surface area (Å²) < 4.78 is 29.7. The molecule has 4 unspecified atom stereocenters. The molecule has 5 rings (SSSR count). The number of fused-ring (bicyclic) bond motifs is 2. The van der Waals surface area contributed by atoms with Crippen LogP contribution in [0.4, 0.5) is 5.82 Å². The second kappa shape index (κ2) is 8.87. The number of anilines is 1. The molecule has 0 spiro atoms. The van der Waals surface area contributed by atoms with Crippen molar-refractivity contribution in [1.29, 1.82) is 0 Å². The zero-order valence-corrected chi connectivity index (χ0v) is 20.0. The Balaban J connectivity index is 1.43. The second-order valence-electron chi connectivity index (χ2n) is 8.47. The minimum absolute atomic E-state index is 0.282. The summed E-state index contributed by atoms with van der Waals surface area (Å²) in [5.41, 5.74) is 3.70. The Bertz CT molecular complexity index is 1450. The number of aliphatic hydroxyl groups excluding tert-OH is 2. The fourth-order valence-corrected chi connectivity index (χ4v) is 5.74. The van der Waals surface area contributed by atoms with Gasteiger partial charge in [-0.3, -0.25) is 4.18 Å². The summed E-state index contributed by atoms with van der Waals surface area (Å²) in [6.45, 7) is 1.82. The van der Waals surface area contributed by atoms with Crippen LogP contribution in [0, 0.1) is 5.92 Å². The number of hydrogen-bond donors (Lipinski definition) is 4. The lowest BCUT2D eigenvalue weighted by Crippen LogP contribution is -2.36. The van der Waals surface area contributed by atoms with Gasteiger partial charge in [-0.2, -0.15) is 18.0 Å². The molecule has 4 aromatic rings. The summed E-state index contributed by atoms with van der Waals surface area (Å²) in [5.74, 6) is -0.00411. The smallest absolute Gasteiger partial charge is 0.333 e. The van der Waals surface area contributed by atoms with Crippen LogP contribution in [-0.4, -0.2) is 58.1 Å². The zero-order chi connectivity index (χ0) is 24.0. The number of nitrogens with zero attached hydrogens (tertiary/aromatic N) is 3. The van der Waals surface area contributed by atoms with Crippen LogP contribution >= 0.6 is 11.3 Å². The Kier molecular flexibility index (Phi) is 6.04. The van der Waals surface area contributed by atoms with Crippen LogP contribution in [0.25, 0.3) is 27.0 Å². The Morgan fingerprint density at radius 3 is 2.85 bits per heavy atom. The molecule has 0 saturated heterocycles. The Labute approximate surface area is 200 Å². The van der Waals surface area contributed by atoms with Gasteiger partial charge < -0.3 is 15.5 Å². The van der Waals surface area contributed by atoms with Crippen molar-refractivity contribution in [2.75, 3.05) is 11.9 Å². The number of benzene rings is 1. The largest absolute Gasteiger partial charge is 0.390 e. The van der Waals surface area contributed by atoms with E-state index in [9.17, 15) is 18.6 Å². The van der Waals surface area contributed by atoms with Gasteiger partial charge in [-0.1, -0.05) is 13.0 Å². The van der Waals surface area contributed by atoms with Crippen molar-refractivity contribution in [1.82, 2.24) is 14.6 Å². The number of rotatable bonds is 7. The normalized spacial score (nSPS) is 23.2. The van der Waals surface area contributed by atoms with Crippen LogP contribution in [-0.2, 0) is 20.9 Å². The first kappa shape index (κ1) is 23.1. The molecule has 3 aromatic heterocycles. The van der Waals surface area contributed by atoms with Gasteiger partial charge in [0, 0.05) is 39.2 Å². The summed E-state index contributed by atoms with van der Waals surface area (Å²) in [4.78, 5) is 4.42. The summed E-state index contributed by atoms with van der Waals surface area (Å²) >= 11 is 1.67. The van der Waals surface area contributed by atoms with Crippen LogP contribution in [0.2, 0.25) is 0 Å². The van der Waals surface area contributed by atoms with E-state index >= 15 is 0 Å². The van der Waals surface area contributed by atoms with E-state index in [0.717, 1.165) is 23.1 Å². The van der Waals surface area contributed by atoms with E-state index < -0.39 is 34.5 Å². The van der Waals surface area contributed by atoms with E-state index in [2.05, 4.69) is 45.0 Å². The Morgan fingerprint density at radius 2 is 2.09 bits per heavy atom. The molecule has 34 heavy (non-hydrogen) atoms. The molecular formula is C22H25N5O5S2. The van der Waals surface area contributed by atoms with E-state index in [1.54, 1.807) is 28.1 Å². The summed E-state index contributed by atoms with van der Waals surface area (Å²) in [5, 5.41) is 37.0. The van der Waals surface area contributed by atoms with Gasteiger partial charge in [0.15, 0.2) is 5.65 Å². The third kappa shape index (κ3) is 4.40. The molecular weight excluding hydrogens is 478 g/mol. The molecule has 4 atom stereocenters. The van der Waals surface area contributed by atoms with Crippen LogP contribution in [0.1, 0.15) is 18.9 Å². The first-order valence-corrected chi connectivity index (χ1v) is 13.2. The molecule has 10 nitrogen and oxygen atoms in total. The molecule has 5 N–H and O–H groups in total. The number of nitrogens with one attached hydrogen (secondary N) is 1. The number of hydrogen-bond acceptors (Lipinski definition) is 9. The fraction of sp³-hybridized carbons (Fsp3) is 0.364. The van der Waals surface area contributed by atoms with Crippen LogP contribution in [0.15, 0.2) is 41.9 Å². The topological polar surface area (TPSA) is 152 Å². The first-order valence-electron chi connectivity index (χ1n) is 10.9. The Morgan fingerprint density at radius 1 is 1.26 bits per heavy atom. The van der Waals surface area contributed by atoms with Gasteiger partial charge in [0.05, 0.1) is 24.4 Å². The van der Waals surface area contributed by atoms with Crippen LogP contribution in [0.5, 0.6) is 0 Å². The number of aliphatic hydroxyl groups is 2. The van der Waals surface area contributed by atoms with Gasteiger partial charge in [0.1, 0.15) is 11.9 Å². The van der Waals surface area contributed by atoms with Gasteiger partial charge in [-0.15, -0.1) is 11.3 Å². The lowest BCUT2D eigenvalue weighted by molar-refractivity contribution is 0.00777. The van der Waals surface area contributed by atoms with Gasteiger partial charge in [0.2, 0.25) is 0 Å². The number of nitrogens with two attached hydrogens (primary N) is 1. The van der Waals surface area contributed by atoms with E-state index in [4.69, 9.17) is 10.2 Å². The minimum atomic E-state index is -4.13. The average molecular weight is 504 g/mol. The van der Waals surface area contributed by atoms with E-state index in [-0.39, 0.29) is 13.0 Å². The van der Waals surface area contributed by atoms with Crippen molar-refractivity contribution < 1.29 is 22.8 Å². The lowest BCUT2D eigenvalue weighted by Gasteiger charge is -2.19. The van der Waals surface area contributed by atoms with Gasteiger partial charge in [-0.25, -0.2) is 10.1 Å². The maximum absolute atomic E-state index is 11.1. The molecule has 1 aromatic carbocycles. The van der Waals surface area contributed by atoms with Gasteiger partial charge >= 0.3 is 10.3 Å². The maximum atomic E-state index is 11.1. The monoisotopic (exact) mass is 503 g/mol. The molecule has 0 bridgehead atoms. The van der Waals surface area contributed by atoms with Gasteiger partial charge in [-0.05, 0) is 36.6 Å². The highest BCUT2D eigenvalue weighted by atomic mass is 32.2. The highest BCUT2D eigenvalue weighted by molar-refractivity contribution is 7.84. The third-order valence-electron chi connectivity index (χ3n) is 6.26. The highest BCUT2D eigenvalue weighted by Crippen LogP contribution is 2.35. The standard InChI is InChI=1S/C22H25N5O5S2/c1-2-12-3-4-18-14(7-12)15(11-33-18)16-9-20-24-6-5-19(27(20)26-16)25-17-8-13(21(28)22(17)29)10-32-34(23,30)31/h3-7,9,11,13,17,21-22,25,28-29H,2,8,10H2,1H3,(H2,23,30,31). The molecule has 1 saturated carbocycles. The van der Waals surface area contributed by atoms with Crippen molar-refractivity contribution in [3.05, 3.63) is 47.5 Å². The summed E-state index contributed by atoms with van der Waals surface area (Å²) in [6, 6.07) is 9.56. The minimum Gasteiger partial charge on any atom is -0.390 e. The number of aryl methyl sites for hydroxylation is 1. The van der Waals surface area contributed by atoms with Crippen LogP contribution in [0.3, 0.4) is 0 Å². The van der Waals surface area contributed by atoms with Crippen molar-refractivity contribution in [3.8, 4) is 11.3 Å². The highest BCUT2D eigenvalue weighted by Gasteiger charge is 2.42. The summed E-state index contributed by atoms with van der Waals surface area (Å²) in [7, 11) is -4.13. The first-order chi connectivity index (χ1) is 16.2.